The van der Waals surface area contributed by atoms with Gasteiger partial charge in [-0.15, -0.1) is 11.8 Å². The number of benzene rings is 4. The van der Waals surface area contributed by atoms with Gasteiger partial charge in [-0.3, -0.25) is 14.4 Å². The minimum atomic E-state index is -1.15. The third kappa shape index (κ3) is 8.56. The van der Waals surface area contributed by atoms with Crippen molar-refractivity contribution < 1.29 is 28.7 Å². The van der Waals surface area contributed by atoms with Crippen LogP contribution in [0.1, 0.15) is 39.6 Å². The Kier molecular flexibility index (Phi) is 10.9. The Hall–Kier alpha value is -4.93. The van der Waals surface area contributed by atoms with E-state index in [-0.39, 0.29) is 33.4 Å². The molecule has 0 fully saturated rings. The molecule has 224 valence electrons. The van der Waals surface area contributed by atoms with Crippen LogP contribution < -0.4 is 16.0 Å². The molecule has 8 nitrogen and oxygen atoms in total. The molecule has 0 heterocycles. The molecule has 0 radical (unpaired) electrons. The molecular weight excluding hydrogens is 605 g/mol. The summed E-state index contributed by atoms with van der Waals surface area (Å²) >= 11 is 7.41. The van der Waals surface area contributed by atoms with Crippen LogP contribution in [0, 0.1) is 5.82 Å². The van der Waals surface area contributed by atoms with Crippen LogP contribution in [0.4, 0.5) is 15.8 Å². The van der Waals surface area contributed by atoms with E-state index in [1.165, 1.54) is 54.2 Å². The summed E-state index contributed by atoms with van der Waals surface area (Å²) in [5, 5.41) is 16.9. The van der Waals surface area contributed by atoms with Crippen molar-refractivity contribution in [1.82, 2.24) is 5.32 Å². The molecule has 4 rings (SSSR count). The second-order valence-electron chi connectivity index (χ2n) is 9.39. The minimum Gasteiger partial charge on any atom is -0.478 e. The Morgan fingerprint density at radius 2 is 1.61 bits per heavy atom. The molecule has 1 atom stereocenters. The highest BCUT2D eigenvalue weighted by Gasteiger charge is 2.21. The molecule has 0 aromatic heterocycles. The van der Waals surface area contributed by atoms with E-state index in [0.29, 0.717) is 22.6 Å². The van der Waals surface area contributed by atoms with Crippen LogP contribution in [0.15, 0.2) is 108 Å². The van der Waals surface area contributed by atoms with Crippen molar-refractivity contribution in [2.45, 2.75) is 23.5 Å². The number of carbonyl (C=O) groups is 4. The van der Waals surface area contributed by atoms with Crippen LogP contribution in [-0.2, 0) is 9.59 Å². The van der Waals surface area contributed by atoms with Crippen LogP contribution in [-0.4, -0.2) is 34.0 Å². The number of carboxylic acid groups (broad SMARTS) is 1. The van der Waals surface area contributed by atoms with Gasteiger partial charge in [0.25, 0.3) is 11.8 Å². The van der Waals surface area contributed by atoms with Crippen LogP contribution in [0.3, 0.4) is 0 Å². The fourth-order valence-corrected chi connectivity index (χ4v) is 5.17. The van der Waals surface area contributed by atoms with Gasteiger partial charge in [0.15, 0.2) is 0 Å². The van der Waals surface area contributed by atoms with Gasteiger partial charge < -0.3 is 21.1 Å². The van der Waals surface area contributed by atoms with Gasteiger partial charge in [-0.1, -0.05) is 61.0 Å². The Balaban J connectivity index is 1.51. The van der Waals surface area contributed by atoms with Gasteiger partial charge in [0.1, 0.15) is 11.5 Å². The molecular formula is C33H27ClFN3O5S. The molecule has 0 spiro atoms. The van der Waals surface area contributed by atoms with Gasteiger partial charge in [0.05, 0.1) is 21.5 Å². The first-order valence-corrected chi connectivity index (χ1v) is 14.6. The summed E-state index contributed by atoms with van der Waals surface area (Å²) in [4.78, 5) is 51.3. The molecule has 0 aliphatic rings. The molecule has 0 bridgehead atoms. The second kappa shape index (κ2) is 15.0. The number of amides is 3. The minimum absolute atomic E-state index is 0.0165. The van der Waals surface area contributed by atoms with Crippen molar-refractivity contribution in [1.29, 1.82) is 0 Å². The van der Waals surface area contributed by atoms with Crippen molar-refractivity contribution in [2.24, 2.45) is 0 Å². The Labute approximate surface area is 262 Å². The van der Waals surface area contributed by atoms with Gasteiger partial charge in [0.2, 0.25) is 5.91 Å². The van der Waals surface area contributed by atoms with Crippen molar-refractivity contribution in [3.63, 3.8) is 0 Å². The quantitative estimate of drug-likeness (QED) is 0.103. The fourth-order valence-electron chi connectivity index (χ4n) is 3.99. The average Bonchev–Trinajstić information content (AvgIpc) is 3.02. The molecule has 1 unspecified atom stereocenters. The molecule has 11 heteroatoms. The van der Waals surface area contributed by atoms with Gasteiger partial charge in [-0.05, 0) is 67.1 Å². The number of halogens is 2. The summed E-state index contributed by atoms with van der Waals surface area (Å²) in [6.07, 6.45) is 1.69. The maximum Gasteiger partial charge on any atom is 0.335 e. The molecule has 44 heavy (non-hydrogen) atoms. The molecule has 0 saturated carbocycles. The number of nitrogens with one attached hydrogen (secondary N) is 3. The summed E-state index contributed by atoms with van der Waals surface area (Å²) in [7, 11) is 0. The summed E-state index contributed by atoms with van der Waals surface area (Å²) in [6.45, 7) is 1.83. The highest BCUT2D eigenvalue weighted by atomic mass is 35.5. The van der Waals surface area contributed by atoms with E-state index in [1.807, 2.05) is 6.92 Å². The van der Waals surface area contributed by atoms with Gasteiger partial charge in [0, 0.05) is 21.7 Å². The van der Waals surface area contributed by atoms with E-state index in [4.69, 9.17) is 11.6 Å². The van der Waals surface area contributed by atoms with Crippen molar-refractivity contribution >= 4 is 64.5 Å². The second-order valence-corrected chi connectivity index (χ2v) is 11.1. The summed E-state index contributed by atoms with van der Waals surface area (Å²) in [5.74, 6) is -3.32. The van der Waals surface area contributed by atoms with Crippen LogP contribution >= 0.6 is 23.4 Å². The number of thioether (sulfide) groups is 1. The van der Waals surface area contributed by atoms with Crippen LogP contribution in [0.5, 0.6) is 0 Å². The maximum absolute atomic E-state index is 14.4. The number of rotatable bonds is 11. The zero-order chi connectivity index (χ0) is 31.6. The predicted molar refractivity (Wildman–Crippen MR) is 170 cm³/mol. The molecule has 0 aliphatic carbocycles. The summed E-state index contributed by atoms with van der Waals surface area (Å²) in [6, 6.07) is 25.0. The van der Waals surface area contributed by atoms with E-state index in [0.717, 1.165) is 0 Å². The lowest BCUT2D eigenvalue weighted by molar-refractivity contribution is -0.116. The smallest absolute Gasteiger partial charge is 0.335 e. The molecule has 0 saturated heterocycles. The van der Waals surface area contributed by atoms with Gasteiger partial charge >= 0.3 is 5.97 Å². The first-order chi connectivity index (χ1) is 21.1. The zero-order valence-corrected chi connectivity index (χ0v) is 24.9. The van der Waals surface area contributed by atoms with Gasteiger partial charge in [-0.2, -0.15) is 0 Å². The molecule has 0 aliphatic heterocycles. The van der Waals surface area contributed by atoms with E-state index >= 15 is 0 Å². The monoisotopic (exact) mass is 631 g/mol. The Bertz CT molecular complexity index is 1730. The number of aromatic carboxylic acids is 1. The standard InChI is InChI=1S/C33H27ClFN3O5S/c1-2-29(32(41)37-27-18-22(33(42)43)15-16-25(27)34)44-24-13-8-12-23(19-24)36-31(40)28(17-21-11-6-7-14-26(21)35)38-30(39)20-9-4-3-5-10-20/h3-19,29H,2H2,1H3,(H,36,40)(H,37,41)(H,38,39)(H,42,43)/b28-17-. The molecule has 4 aromatic rings. The molecule has 4 N–H and O–H groups in total. The summed E-state index contributed by atoms with van der Waals surface area (Å²) in [5.41, 5.74) is 0.800. The zero-order valence-electron chi connectivity index (χ0n) is 23.3. The maximum atomic E-state index is 14.4. The lowest BCUT2D eigenvalue weighted by Crippen LogP contribution is -2.30. The third-order valence-corrected chi connectivity index (χ3v) is 7.93. The number of hydrogen-bond acceptors (Lipinski definition) is 5. The lowest BCUT2D eigenvalue weighted by atomic mass is 10.1. The van der Waals surface area contributed by atoms with Crippen molar-refractivity contribution in [3.05, 3.63) is 130 Å². The van der Waals surface area contributed by atoms with E-state index in [9.17, 15) is 28.7 Å². The van der Waals surface area contributed by atoms with E-state index in [2.05, 4.69) is 16.0 Å². The Morgan fingerprint density at radius 3 is 2.32 bits per heavy atom. The highest BCUT2D eigenvalue weighted by molar-refractivity contribution is 8.00. The topological polar surface area (TPSA) is 125 Å². The SMILES string of the molecule is CCC(Sc1cccc(NC(=O)/C(=C/c2ccccc2F)NC(=O)c2ccccc2)c1)C(=O)Nc1cc(C(=O)O)ccc1Cl. The largest absolute Gasteiger partial charge is 0.478 e. The number of carbonyl (C=O) groups excluding carboxylic acids is 3. The number of hydrogen-bond donors (Lipinski definition) is 4. The van der Waals surface area contributed by atoms with Crippen molar-refractivity contribution in [3.8, 4) is 0 Å². The third-order valence-electron chi connectivity index (χ3n) is 6.24. The van der Waals surface area contributed by atoms with Crippen LogP contribution in [0.25, 0.3) is 6.08 Å². The van der Waals surface area contributed by atoms with Gasteiger partial charge in [-0.25, -0.2) is 9.18 Å². The Morgan fingerprint density at radius 1 is 0.886 bits per heavy atom. The number of anilines is 2. The van der Waals surface area contributed by atoms with Crippen LogP contribution in [0.2, 0.25) is 5.02 Å². The fraction of sp³-hybridized carbons (Fsp3) is 0.0909. The lowest BCUT2D eigenvalue weighted by Gasteiger charge is -2.17. The normalized spacial score (nSPS) is 11.8. The highest BCUT2D eigenvalue weighted by Crippen LogP contribution is 2.30. The number of carboxylic acids is 1. The summed E-state index contributed by atoms with van der Waals surface area (Å²) < 4.78 is 14.4. The van der Waals surface area contributed by atoms with E-state index < -0.39 is 28.9 Å². The first-order valence-electron chi connectivity index (χ1n) is 13.4. The first kappa shape index (κ1) is 32.0. The molecule has 3 amide bonds. The van der Waals surface area contributed by atoms with E-state index in [1.54, 1.807) is 60.7 Å². The molecule has 4 aromatic carbocycles. The van der Waals surface area contributed by atoms with Crippen molar-refractivity contribution in [2.75, 3.05) is 10.6 Å². The average molecular weight is 632 g/mol. The predicted octanol–water partition coefficient (Wildman–Crippen LogP) is 7.10.